The summed E-state index contributed by atoms with van der Waals surface area (Å²) in [7, 11) is 0. The lowest BCUT2D eigenvalue weighted by Gasteiger charge is -2.27. The number of nitrogens with one attached hydrogen (secondary N) is 3. The van der Waals surface area contributed by atoms with E-state index in [0.29, 0.717) is 32.1 Å². The number of halogens is 2. The molecule has 0 aromatic heterocycles. The molecule has 0 aliphatic rings. The van der Waals surface area contributed by atoms with Crippen LogP contribution in [0.5, 0.6) is 0 Å². The predicted molar refractivity (Wildman–Crippen MR) is 308 cm³/mol. The van der Waals surface area contributed by atoms with E-state index in [2.05, 4.69) is 16.0 Å². The van der Waals surface area contributed by atoms with Crippen molar-refractivity contribution < 1.29 is 92.1 Å². The average molecular weight is 1190 g/mol. The lowest BCUT2D eigenvalue weighted by molar-refractivity contribution is -0.155. The van der Waals surface area contributed by atoms with Crippen molar-refractivity contribution in [3.05, 3.63) is 0 Å². The van der Waals surface area contributed by atoms with E-state index < -0.39 is 114 Å². The van der Waals surface area contributed by atoms with Crippen LogP contribution in [0.25, 0.3) is 0 Å². The van der Waals surface area contributed by atoms with Gasteiger partial charge < -0.3 is 71.5 Å². The number of aliphatic carboxylic acids is 2. The van der Waals surface area contributed by atoms with E-state index in [1.807, 2.05) is 20.8 Å². The second-order valence-electron chi connectivity index (χ2n) is 21.1. The first-order valence-corrected chi connectivity index (χ1v) is 25.1. The molecule has 0 heterocycles. The summed E-state index contributed by atoms with van der Waals surface area (Å²) in [4.78, 5) is 113. The number of carbonyl (C=O) groups is 10. The van der Waals surface area contributed by atoms with Crippen LogP contribution in [-0.2, 0) is 57.2 Å². The maximum atomic E-state index is 12.2. The second-order valence-corrected chi connectivity index (χ2v) is 21.1. The number of hydrogen-bond acceptors (Lipinski definition) is 19. The Morgan fingerprint density at radius 1 is 0.443 bits per heavy atom. The Balaban J connectivity index is -0.000000113. The number of hydrogen-bond donors (Lipinski definition) is 9. The van der Waals surface area contributed by atoms with Gasteiger partial charge in [-0.2, -0.15) is 0 Å². The lowest BCUT2D eigenvalue weighted by atomic mass is 10.0. The van der Waals surface area contributed by atoms with Gasteiger partial charge in [0.15, 0.2) is 23.4 Å². The molecular weight excluding hydrogens is 1080 g/mol. The van der Waals surface area contributed by atoms with E-state index in [-0.39, 0.29) is 68.9 Å². The van der Waals surface area contributed by atoms with Gasteiger partial charge in [-0.3, -0.25) is 28.8 Å². The van der Waals surface area contributed by atoms with E-state index in [1.54, 1.807) is 104 Å². The Kier molecular flexibility index (Phi) is 55.4. The fraction of sp³-hybridized carbons (Fsp3) is 0.811. The number of carbonyl (C=O) groups excluding carboxylic acids is 8. The quantitative estimate of drug-likeness (QED) is 0.0372. The van der Waals surface area contributed by atoms with Gasteiger partial charge in [0.25, 0.3) is 0 Å². The van der Waals surface area contributed by atoms with Crippen molar-refractivity contribution in [1.82, 2.24) is 16.0 Å². The number of amides is 3. The standard InChI is InChI=1S/C16H29NO5.C12H23NO4.C10H20N2O3.C9H17NO5.C4H8O2.2CH4.2ClH/c1-8-9-12(18)13(11(4)21-14(19)10(2)3)17-15(20)22-16(5,6)7;1-6-7-9(15)10(8(2)14)13-11(16)17-12(3,4)5;1-4-5-8(13)9(12)7(3)15-10(14)6(2)11;1-5(11)6(7(12)13)10-8(14)15-9(2,3)4;1-3(2)4(5)6;;;;/h10-11,13H,8-9H2,1-7H3,(H,17,20);8,10,14H,6-7H2,1-5H3,(H,13,16);6-7,9H,4-5,11-12H2,1-3H3;5-6,11H,1-4H3,(H,10,14)(H,12,13);3H,1-2H3,(H,5,6);2*1H4;2*1H/t11-,13+;8-,10+;6-,7+,9-;5-,6+;;;;;/m1101...../s1. The third kappa shape index (κ3) is 53.5. The monoisotopic (exact) mass is 1190 g/mol. The number of esters is 2. The van der Waals surface area contributed by atoms with Crippen molar-refractivity contribution >= 4 is 84.3 Å². The third-order valence-electron chi connectivity index (χ3n) is 8.72. The fourth-order valence-corrected chi connectivity index (χ4v) is 4.85. The molecule has 9 atom stereocenters. The van der Waals surface area contributed by atoms with Crippen molar-refractivity contribution in [2.45, 2.75) is 270 Å². The molecule has 0 aliphatic carbocycles. The topological polar surface area (TPSA) is 386 Å². The van der Waals surface area contributed by atoms with Gasteiger partial charge >= 0.3 is 42.2 Å². The van der Waals surface area contributed by atoms with Crippen LogP contribution < -0.4 is 27.4 Å². The maximum absolute atomic E-state index is 12.2. The second kappa shape index (κ2) is 46.8. The summed E-state index contributed by atoms with van der Waals surface area (Å²) in [5, 5.41) is 42.2. The zero-order chi connectivity index (χ0) is 60.5. The van der Waals surface area contributed by atoms with E-state index >= 15 is 0 Å². The normalized spacial score (nSPS) is 13.9. The van der Waals surface area contributed by atoms with E-state index in [4.69, 9.17) is 50.5 Å². The first-order chi connectivity index (χ1) is 33.8. The molecule has 0 aliphatic heterocycles. The Labute approximate surface area is 484 Å². The van der Waals surface area contributed by atoms with Crippen molar-refractivity contribution in [3.63, 3.8) is 0 Å². The van der Waals surface area contributed by atoms with Gasteiger partial charge in [0.1, 0.15) is 53.2 Å². The molecular formula is C53H107Cl2N5O19. The first-order valence-electron chi connectivity index (χ1n) is 25.1. The van der Waals surface area contributed by atoms with Crippen LogP contribution in [0.15, 0.2) is 0 Å². The SMILES string of the molecule is C.C.CC(C)C(=O)O.CCCC(=O)[C@@H](N)[C@@H](C)OC(=O)[C@H](C)N.CCCC(=O)[C@@H](NC(=O)OC(C)(C)C)[C@@H](C)O.CCCC(=O)[C@@H](NC(=O)OC(C)(C)C)[C@@H](C)OC(=O)C(C)C.C[C@@H](O)[C@H](NC(=O)OC(C)(C)C)C(=O)O.Cl.Cl. The molecule has 0 saturated carbocycles. The van der Waals surface area contributed by atoms with Crippen molar-refractivity contribution in [3.8, 4) is 0 Å². The van der Waals surface area contributed by atoms with Crippen LogP contribution in [0, 0.1) is 11.8 Å². The van der Waals surface area contributed by atoms with Gasteiger partial charge in [-0.25, -0.2) is 19.2 Å². The molecule has 26 heteroatoms. The van der Waals surface area contributed by atoms with Crippen LogP contribution in [-0.4, -0.2) is 151 Å². The molecule has 24 nitrogen and oxygen atoms in total. The Morgan fingerprint density at radius 2 is 0.722 bits per heavy atom. The predicted octanol–water partition coefficient (Wildman–Crippen LogP) is 7.62. The minimum Gasteiger partial charge on any atom is -0.481 e. The number of nitrogens with two attached hydrogens (primary N) is 2. The molecule has 472 valence electrons. The zero-order valence-electron chi connectivity index (χ0n) is 49.5. The molecule has 0 aromatic rings. The number of rotatable bonds is 22. The lowest BCUT2D eigenvalue weighted by Crippen LogP contribution is -2.50. The summed E-state index contributed by atoms with van der Waals surface area (Å²) in [6.45, 7) is 35.2. The van der Waals surface area contributed by atoms with Crippen LogP contribution in [0.1, 0.15) is 199 Å². The highest BCUT2D eigenvalue weighted by Gasteiger charge is 2.32. The van der Waals surface area contributed by atoms with Crippen molar-refractivity contribution in [1.29, 1.82) is 0 Å². The highest BCUT2D eigenvalue weighted by molar-refractivity contribution is 5.89. The molecule has 11 N–H and O–H groups in total. The summed E-state index contributed by atoms with van der Waals surface area (Å²) in [5.41, 5.74) is 8.95. The molecule has 0 fully saturated rings. The summed E-state index contributed by atoms with van der Waals surface area (Å²) in [6.07, 6.45) is -2.65. The van der Waals surface area contributed by atoms with Gasteiger partial charge in [0.2, 0.25) is 0 Å². The fourth-order valence-electron chi connectivity index (χ4n) is 4.85. The van der Waals surface area contributed by atoms with E-state index in [0.717, 1.165) is 6.42 Å². The van der Waals surface area contributed by atoms with Crippen molar-refractivity contribution in [2.24, 2.45) is 23.3 Å². The maximum Gasteiger partial charge on any atom is 0.408 e. The highest BCUT2D eigenvalue weighted by Crippen LogP contribution is 2.13. The molecule has 3 amide bonds. The largest absolute Gasteiger partial charge is 0.481 e. The summed E-state index contributed by atoms with van der Waals surface area (Å²) in [5.74, 6) is -4.00. The van der Waals surface area contributed by atoms with Gasteiger partial charge in [0.05, 0.1) is 24.0 Å². The Bertz CT molecular complexity index is 1760. The number of carboxylic acid groups (broad SMARTS) is 2. The third-order valence-corrected chi connectivity index (χ3v) is 8.72. The van der Waals surface area contributed by atoms with Gasteiger partial charge in [-0.1, -0.05) is 63.3 Å². The molecule has 0 rings (SSSR count). The number of ketones is 3. The molecule has 79 heavy (non-hydrogen) atoms. The smallest absolute Gasteiger partial charge is 0.408 e. The molecule has 0 aromatic carbocycles. The molecule has 0 radical (unpaired) electrons. The summed E-state index contributed by atoms with van der Waals surface area (Å²) in [6, 6.07) is -4.62. The van der Waals surface area contributed by atoms with Gasteiger partial charge in [-0.15, -0.1) is 24.8 Å². The number of aliphatic hydroxyl groups is 2. The van der Waals surface area contributed by atoms with Gasteiger partial charge in [-0.05, 0) is 116 Å². The number of ether oxygens (including phenoxy) is 5. The summed E-state index contributed by atoms with van der Waals surface area (Å²) >= 11 is 0. The molecule has 0 saturated heterocycles. The number of Topliss-reactive ketones (excluding diaryl/α,β-unsaturated/α-hetero) is 3. The van der Waals surface area contributed by atoms with Crippen LogP contribution in [0.4, 0.5) is 14.4 Å². The average Bonchev–Trinajstić information content (AvgIpc) is 3.22. The molecule has 0 unspecified atom stereocenters. The van der Waals surface area contributed by atoms with Crippen LogP contribution in [0.3, 0.4) is 0 Å². The minimum absolute atomic E-state index is 0. The van der Waals surface area contributed by atoms with Crippen LogP contribution >= 0.6 is 24.8 Å². The van der Waals surface area contributed by atoms with E-state index in [1.165, 1.54) is 20.8 Å². The first kappa shape index (κ1) is 93.4. The van der Waals surface area contributed by atoms with Crippen LogP contribution in [0.2, 0.25) is 0 Å². The molecule has 0 spiro atoms. The number of carboxylic acids is 2. The number of alkyl carbamates (subject to hydrolysis) is 3. The number of aliphatic hydroxyl groups excluding tert-OH is 2. The summed E-state index contributed by atoms with van der Waals surface area (Å²) < 4.78 is 25.2. The highest BCUT2D eigenvalue weighted by atomic mass is 35.5. The van der Waals surface area contributed by atoms with E-state index in [9.17, 15) is 53.1 Å². The minimum atomic E-state index is -1.36. The van der Waals surface area contributed by atoms with Crippen molar-refractivity contribution in [2.75, 3.05) is 0 Å². The zero-order valence-corrected chi connectivity index (χ0v) is 51.1. The van der Waals surface area contributed by atoms with Gasteiger partial charge in [0, 0.05) is 19.3 Å². The Morgan fingerprint density at radius 3 is 0.975 bits per heavy atom. The Hall–Kier alpha value is -4.88. The molecule has 0 bridgehead atoms.